The summed E-state index contributed by atoms with van der Waals surface area (Å²) < 4.78 is 0. The summed E-state index contributed by atoms with van der Waals surface area (Å²) in [5.74, 6) is -0.289. The van der Waals surface area contributed by atoms with Gasteiger partial charge in [0.15, 0.2) is 0 Å². The average molecular weight is 319 g/mol. The third-order valence-electron chi connectivity index (χ3n) is 3.87. The third kappa shape index (κ3) is 4.68. The van der Waals surface area contributed by atoms with Crippen molar-refractivity contribution in [3.8, 4) is 0 Å². The second-order valence-electron chi connectivity index (χ2n) is 7.07. The number of nitrogens with zero attached hydrogens (tertiary/aromatic N) is 2. The number of rotatable bonds is 3. The van der Waals surface area contributed by atoms with Crippen molar-refractivity contribution in [3.05, 3.63) is 33.9 Å². The normalized spacial score (nSPS) is 15.9. The lowest BCUT2D eigenvalue weighted by Crippen LogP contribution is -2.40. The van der Waals surface area contributed by atoms with E-state index in [1.165, 1.54) is 6.07 Å². The molecule has 0 unspecified atom stereocenters. The summed E-state index contributed by atoms with van der Waals surface area (Å²) in [4.78, 5) is 25.4. The van der Waals surface area contributed by atoms with Crippen LogP contribution in [0.1, 0.15) is 56.8 Å². The van der Waals surface area contributed by atoms with Crippen LogP contribution < -0.4 is 10.2 Å². The lowest BCUT2D eigenvalue weighted by atomic mass is 10.1. The molecule has 23 heavy (non-hydrogen) atoms. The van der Waals surface area contributed by atoms with Crippen LogP contribution in [0.5, 0.6) is 0 Å². The van der Waals surface area contributed by atoms with Gasteiger partial charge in [-0.15, -0.1) is 0 Å². The summed E-state index contributed by atoms with van der Waals surface area (Å²) in [6, 6.07) is 4.77. The molecule has 1 N–H and O–H groups in total. The van der Waals surface area contributed by atoms with Crippen LogP contribution in [0.3, 0.4) is 0 Å². The largest absolute Gasteiger partial charge is 0.366 e. The predicted octanol–water partition coefficient (Wildman–Crippen LogP) is 3.50. The Bertz CT molecular complexity index is 585. The maximum atomic E-state index is 12.2. The van der Waals surface area contributed by atoms with Gasteiger partial charge in [0.25, 0.3) is 11.6 Å². The van der Waals surface area contributed by atoms with E-state index in [0.29, 0.717) is 11.3 Å². The summed E-state index contributed by atoms with van der Waals surface area (Å²) >= 11 is 0. The number of amides is 1. The Balaban J connectivity index is 2.31. The Hall–Kier alpha value is -2.11. The number of hydrogen-bond acceptors (Lipinski definition) is 4. The van der Waals surface area contributed by atoms with Gasteiger partial charge in [-0.05, 0) is 45.7 Å². The van der Waals surface area contributed by atoms with E-state index in [0.717, 1.165) is 38.8 Å². The van der Waals surface area contributed by atoms with Crippen molar-refractivity contribution in [2.75, 3.05) is 18.0 Å². The fraction of sp³-hybridized carbons (Fsp3) is 0.588. The van der Waals surface area contributed by atoms with E-state index in [9.17, 15) is 14.9 Å². The Labute approximate surface area is 137 Å². The van der Waals surface area contributed by atoms with Crippen LogP contribution >= 0.6 is 0 Å². The van der Waals surface area contributed by atoms with Crippen molar-refractivity contribution < 1.29 is 9.72 Å². The first-order valence-electron chi connectivity index (χ1n) is 8.14. The van der Waals surface area contributed by atoms with Crippen LogP contribution in [0.25, 0.3) is 0 Å². The molecular weight excluding hydrogens is 294 g/mol. The van der Waals surface area contributed by atoms with E-state index in [-0.39, 0.29) is 17.1 Å². The molecule has 1 amide bonds. The van der Waals surface area contributed by atoms with Crippen LogP contribution in [0, 0.1) is 10.1 Å². The van der Waals surface area contributed by atoms with Crippen LogP contribution in [-0.4, -0.2) is 29.5 Å². The molecule has 0 aliphatic carbocycles. The maximum absolute atomic E-state index is 12.2. The molecule has 126 valence electrons. The summed E-state index contributed by atoms with van der Waals surface area (Å²) in [7, 11) is 0. The van der Waals surface area contributed by atoms with Gasteiger partial charge in [-0.25, -0.2) is 0 Å². The zero-order chi connectivity index (χ0) is 17.0. The highest BCUT2D eigenvalue weighted by molar-refractivity contribution is 5.96. The Morgan fingerprint density at radius 3 is 2.30 bits per heavy atom. The molecule has 0 spiro atoms. The van der Waals surface area contributed by atoms with Crippen molar-refractivity contribution in [2.45, 2.75) is 52.0 Å². The zero-order valence-corrected chi connectivity index (χ0v) is 14.1. The average Bonchev–Trinajstić information content (AvgIpc) is 2.73. The molecule has 6 heteroatoms. The van der Waals surface area contributed by atoms with E-state index in [2.05, 4.69) is 10.2 Å². The molecule has 1 saturated heterocycles. The molecule has 1 aromatic rings. The molecule has 1 aromatic carbocycles. The molecule has 1 fully saturated rings. The van der Waals surface area contributed by atoms with E-state index in [1.54, 1.807) is 12.1 Å². The quantitative estimate of drug-likeness (QED) is 0.683. The number of carbonyl (C=O) groups excluding carboxylic acids is 1. The number of hydrogen-bond donors (Lipinski definition) is 1. The predicted molar refractivity (Wildman–Crippen MR) is 91.0 cm³/mol. The molecule has 6 nitrogen and oxygen atoms in total. The number of nitro benzene ring substituents is 1. The summed E-state index contributed by atoms with van der Waals surface area (Å²) in [5.41, 5.74) is 0.567. The highest BCUT2D eigenvalue weighted by Crippen LogP contribution is 2.31. The van der Waals surface area contributed by atoms with Crippen molar-refractivity contribution in [1.82, 2.24) is 5.32 Å². The second-order valence-corrected chi connectivity index (χ2v) is 7.07. The van der Waals surface area contributed by atoms with Crippen molar-refractivity contribution in [2.24, 2.45) is 0 Å². The second kappa shape index (κ2) is 6.98. The van der Waals surface area contributed by atoms with Gasteiger partial charge in [-0.2, -0.15) is 0 Å². The summed E-state index contributed by atoms with van der Waals surface area (Å²) in [5, 5.41) is 14.3. The zero-order valence-electron chi connectivity index (χ0n) is 14.1. The minimum atomic E-state index is -0.395. The Morgan fingerprint density at radius 2 is 1.78 bits per heavy atom. The third-order valence-corrected chi connectivity index (χ3v) is 3.87. The molecule has 0 atom stereocenters. The highest BCUT2D eigenvalue weighted by Gasteiger charge is 2.23. The van der Waals surface area contributed by atoms with Gasteiger partial charge < -0.3 is 10.2 Å². The van der Waals surface area contributed by atoms with Gasteiger partial charge in [0.2, 0.25) is 0 Å². The van der Waals surface area contributed by atoms with Gasteiger partial charge in [-0.1, -0.05) is 12.8 Å². The molecule has 0 bridgehead atoms. The van der Waals surface area contributed by atoms with Crippen LogP contribution in [0.2, 0.25) is 0 Å². The van der Waals surface area contributed by atoms with E-state index < -0.39 is 4.92 Å². The smallest absolute Gasteiger partial charge is 0.293 e. The molecule has 0 radical (unpaired) electrons. The SMILES string of the molecule is CC(C)(C)NC(=O)c1ccc(N2CCCCCC2)c([N+](=O)[O-])c1. The minimum Gasteiger partial charge on any atom is -0.366 e. The fourth-order valence-electron chi connectivity index (χ4n) is 2.80. The standard InChI is InChI=1S/C17H25N3O3/c1-17(2,3)18-16(21)13-8-9-14(15(12-13)20(22)23)19-10-6-4-5-7-11-19/h8-9,12H,4-7,10-11H2,1-3H3,(H,18,21). The van der Waals surface area contributed by atoms with Gasteiger partial charge in [0.1, 0.15) is 5.69 Å². The lowest BCUT2D eigenvalue weighted by Gasteiger charge is -2.23. The number of benzene rings is 1. The van der Waals surface area contributed by atoms with Gasteiger partial charge in [-0.3, -0.25) is 14.9 Å². The molecule has 0 saturated carbocycles. The van der Waals surface area contributed by atoms with Gasteiger partial charge in [0.05, 0.1) is 4.92 Å². The van der Waals surface area contributed by atoms with E-state index in [4.69, 9.17) is 0 Å². The Kier molecular flexibility index (Phi) is 5.23. The molecule has 0 aromatic heterocycles. The number of nitro groups is 1. The first-order chi connectivity index (χ1) is 10.8. The molecular formula is C17H25N3O3. The number of nitrogens with one attached hydrogen (secondary N) is 1. The van der Waals surface area contributed by atoms with Gasteiger partial charge >= 0.3 is 0 Å². The van der Waals surface area contributed by atoms with Crippen LogP contribution in [-0.2, 0) is 0 Å². The molecule has 1 heterocycles. The summed E-state index contributed by atoms with van der Waals surface area (Å²) in [6.45, 7) is 7.30. The first kappa shape index (κ1) is 17.2. The number of anilines is 1. The van der Waals surface area contributed by atoms with E-state index in [1.807, 2.05) is 20.8 Å². The molecule has 1 aliphatic heterocycles. The maximum Gasteiger partial charge on any atom is 0.293 e. The topological polar surface area (TPSA) is 75.5 Å². The van der Waals surface area contributed by atoms with Crippen LogP contribution in [0.4, 0.5) is 11.4 Å². The summed E-state index contributed by atoms with van der Waals surface area (Å²) in [6.07, 6.45) is 4.42. The van der Waals surface area contributed by atoms with Crippen molar-refractivity contribution in [3.63, 3.8) is 0 Å². The first-order valence-corrected chi connectivity index (χ1v) is 8.14. The lowest BCUT2D eigenvalue weighted by molar-refractivity contribution is -0.384. The fourth-order valence-corrected chi connectivity index (χ4v) is 2.80. The van der Waals surface area contributed by atoms with Gasteiger partial charge in [0, 0.05) is 30.3 Å². The number of carbonyl (C=O) groups is 1. The van der Waals surface area contributed by atoms with Crippen molar-refractivity contribution >= 4 is 17.3 Å². The van der Waals surface area contributed by atoms with Crippen LogP contribution in [0.15, 0.2) is 18.2 Å². The highest BCUT2D eigenvalue weighted by atomic mass is 16.6. The Morgan fingerprint density at radius 1 is 1.17 bits per heavy atom. The van der Waals surface area contributed by atoms with E-state index >= 15 is 0 Å². The molecule has 2 rings (SSSR count). The van der Waals surface area contributed by atoms with Crippen molar-refractivity contribution in [1.29, 1.82) is 0 Å². The monoisotopic (exact) mass is 319 g/mol. The molecule has 1 aliphatic rings. The minimum absolute atomic E-state index is 0.00783.